The first-order valence-electron chi connectivity index (χ1n) is 20.0. The second kappa shape index (κ2) is 21.2. The van der Waals surface area contributed by atoms with E-state index in [9.17, 15) is 14.7 Å². The molecule has 0 saturated carbocycles. The van der Waals surface area contributed by atoms with E-state index in [4.69, 9.17) is 15.2 Å². The van der Waals surface area contributed by atoms with Crippen LogP contribution in [0.15, 0.2) is 121 Å². The van der Waals surface area contributed by atoms with Crippen LogP contribution in [-0.2, 0) is 38.6 Å². The first-order valence-corrected chi connectivity index (χ1v) is 20.0. The van der Waals surface area contributed by atoms with Crippen molar-refractivity contribution in [3.05, 3.63) is 149 Å². The molecule has 10 nitrogen and oxygen atoms in total. The Morgan fingerprint density at radius 1 is 0.789 bits per heavy atom. The van der Waals surface area contributed by atoms with Gasteiger partial charge in [0, 0.05) is 62.8 Å². The highest BCUT2D eigenvalue weighted by atomic mass is 16.7. The van der Waals surface area contributed by atoms with E-state index in [1.165, 1.54) is 0 Å². The Morgan fingerprint density at radius 2 is 1.53 bits per heavy atom. The lowest BCUT2D eigenvalue weighted by molar-refractivity contribution is -0.252. The van der Waals surface area contributed by atoms with Gasteiger partial charge in [-0.15, -0.1) is 0 Å². The number of nitrogens with two attached hydrogens (primary N) is 1. The highest BCUT2D eigenvalue weighted by molar-refractivity contribution is 5.93. The molecule has 298 valence electrons. The van der Waals surface area contributed by atoms with Crippen LogP contribution in [0.2, 0.25) is 0 Å². The average Bonchev–Trinajstić information content (AvgIpc) is 3.24. The fraction of sp³-hybridized carbons (Fsp3) is 0.340. The van der Waals surface area contributed by atoms with Crippen LogP contribution in [0.1, 0.15) is 85.3 Å². The first-order chi connectivity index (χ1) is 27.8. The van der Waals surface area contributed by atoms with Gasteiger partial charge in [-0.05, 0) is 84.1 Å². The standard InChI is InChI=1S/C47H55N5O5/c1-52(27-25-40-16-8-9-26-49-40)32-41-30-44(36-23-21-34(33-53)22-24-36)57-47(56-41)39-15-11-14-38(29-39)37-13-10-12-35(28-37)31-50-45(54)19-4-2-3-5-20-46(55)51-43-18-7-6-17-42(43)48/h6-18,21-24,26,28-29,41,44,47,53H,2-5,19-20,25,27,30-33,48H2,1H3,(H,50,54)(H,51,55)/t41-,44+,47+/m0/s1. The predicted molar refractivity (Wildman–Crippen MR) is 225 cm³/mol. The van der Waals surface area contributed by atoms with Gasteiger partial charge in [0.05, 0.1) is 30.2 Å². The van der Waals surface area contributed by atoms with Crippen LogP contribution < -0.4 is 16.4 Å². The van der Waals surface area contributed by atoms with Gasteiger partial charge in [-0.25, -0.2) is 0 Å². The van der Waals surface area contributed by atoms with Crippen LogP contribution >= 0.6 is 0 Å². The molecular weight excluding hydrogens is 715 g/mol. The van der Waals surface area contributed by atoms with Gasteiger partial charge in [0.15, 0.2) is 6.29 Å². The first kappa shape index (κ1) is 41.2. The quantitative estimate of drug-likeness (QED) is 0.0488. The molecule has 2 amide bonds. The summed E-state index contributed by atoms with van der Waals surface area (Å²) in [5, 5.41) is 15.5. The number of nitrogens with zero attached hydrogens (tertiary/aromatic N) is 2. The number of nitrogens with one attached hydrogen (secondary N) is 2. The molecule has 5 aromatic rings. The third kappa shape index (κ3) is 12.8. The van der Waals surface area contributed by atoms with E-state index >= 15 is 0 Å². The molecule has 2 heterocycles. The number of hydrogen-bond acceptors (Lipinski definition) is 8. The second-order valence-electron chi connectivity index (χ2n) is 14.8. The van der Waals surface area contributed by atoms with Crippen molar-refractivity contribution in [1.82, 2.24) is 15.2 Å². The Kier molecular flexibility index (Phi) is 15.4. The van der Waals surface area contributed by atoms with Crippen molar-refractivity contribution < 1.29 is 24.2 Å². The number of benzene rings is 4. The maximum atomic E-state index is 12.7. The monoisotopic (exact) mass is 769 g/mol. The van der Waals surface area contributed by atoms with Gasteiger partial charge in [0.1, 0.15) is 0 Å². The molecule has 1 aromatic heterocycles. The van der Waals surface area contributed by atoms with E-state index in [1.54, 1.807) is 12.1 Å². The molecule has 10 heteroatoms. The van der Waals surface area contributed by atoms with Gasteiger partial charge in [-0.3, -0.25) is 14.6 Å². The Labute approximate surface area is 336 Å². The molecule has 0 bridgehead atoms. The number of aliphatic hydroxyl groups is 1. The number of amides is 2. The summed E-state index contributed by atoms with van der Waals surface area (Å²) in [5.74, 6) is -0.0325. The number of aromatic nitrogens is 1. The minimum atomic E-state index is -0.566. The highest BCUT2D eigenvalue weighted by Crippen LogP contribution is 2.39. The van der Waals surface area contributed by atoms with Crippen LogP contribution in [0, 0.1) is 0 Å². The Balaban J connectivity index is 1.01. The van der Waals surface area contributed by atoms with Gasteiger partial charge < -0.3 is 35.8 Å². The maximum Gasteiger partial charge on any atom is 0.224 e. The topological polar surface area (TPSA) is 139 Å². The molecule has 0 radical (unpaired) electrons. The molecule has 57 heavy (non-hydrogen) atoms. The summed E-state index contributed by atoms with van der Waals surface area (Å²) in [6.45, 7) is 2.04. The van der Waals surface area contributed by atoms with Gasteiger partial charge in [-0.1, -0.05) is 91.7 Å². The molecule has 1 fully saturated rings. The number of carbonyl (C=O) groups is 2. The van der Waals surface area contributed by atoms with E-state index in [0.717, 1.165) is 84.3 Å². The van der Waals surface area contributed by atoms with Crippen LogP contribution in [0.25, 0.3) is 11.1 Å². The summed E-state index contributed by atoms with van der Waals surface area (Å²) in [6, 6.07) is 37.7. The third-order valence-corrected chi connectivity index (χ3v) is 10.3. The van der Waals surface area contributed by atoms with E-state index in [1.807, 2.05) is 79.0 Å². The number of carbonyl (C=O) groups excluding carboxylic acids is 2. The number of hydrogen-bond donors (Lipinski definition) is 4. The van der Waals surface area contributed by atoms with E-state index in [2.05, 4.69) is 57.9 Å². The fourth-order valence-corrected chi connectivity index (χ4v) is 7.09. The summed E-state index contributed by atoms with van der Waals surface area (Å²) in [4.78, 5) is 31.7. The van der Waals surface area contributed by atoms with Crippen molar-refractivity contribution in [2.75, 3.05) is 31.2 Å². The summed E-state index contributed by atoms with van der Waals surface area (Å²) >= 11 is 0. The van der Waals surface area contributed by atoms with Crippen molar-refractivity contribution in [1.29, 1.82) is 0 Å². The number of likely N-dealkylation sites (N-methyl/N-ethyl adjacent to an activating group) is 1. The Morgan fingerprint density at radius 3 is 2.28 bits per heavy atom. The predicted octanol–water partition coefficient (Wildman–Crippen LogP) is 8.14. The normalized spacial score (nSPS) is 16.6. The molecule has 5 N–H and O–H groups in total. The van der Waals surface area contributed by atoms with Gasteiger partial charge in [0.2, 0.25) is 11.8 Å². The van der Waals surface area contributed by atoms with Crippen LogP contribution in [0.5, 0.6) is 0 Å². The largest absolute Gasteiger partial charge is 0.397 e. The number of ether oxygens (including phenoxy) is 2. The number of pyridine rings is 1. The summed E-state index contributed by atoms with van der Waals surface area (Å²) in [5.41, 5.74) is 14.1. The van der Waals surface area contributed by atoms with Gasteiger partial charge in [0.25, 0.3) is 0 Å². The van der Waals surface area contributed by atoms with E-state index < -0.39 is 6.29 Å². The average molecular weight is 770 g/mol. The lowest BCUT2D eigenvalue weighted by Crippen LogP contribution is -2.38. The van der Waals surface area contributed by atoms with Crippen molar-refractivity contribution in [2.45, 2.75) is 83.0 Å². The number of rotatable bonds is 19. The molecule has 3 atom stereocenters. The summed E-state index contributed by atoms with van der Waals surface area (Å²) in [6.07, 6.45) is 6.76. The van der Waals surface area contributed by atoms with Crippen LogP contribution in [0.3, 0.4) is 0 Å². The van der Waals surface area contributed by atoms with Crippen molar-refractivity contribution in [2.24, 2.45) is 0 Å². The van der Waals surface area contributed by atoms with Crippen LogP contribution in [0.4, 0.5) is 11.4 Å². The summed E-state index contributed by atoms with van der Waals surface area (Å²) < 4.78 is 13.3. The van der Waals surface area contributed by atoms with Crippen LogP contribution in [-0.4, -0.2) is 53.0 Å². The molecule has 1 aliphatic heterocycles. The van der Waals surface area contributed by atoms with E-state index in [0.29, 0.717) is 37.2 Å². The molecular formula is C47H55N5O5. The molecule has 1 saturated heterocycles. The van der Waals surface area contributed by atoms with Gasteiger partial charge >= 0.3 is 0 Å². The molecule has 0 unspecified atom stereocenters. The van der Waals surface area contributed by atoms with Gasteiger partial charge in [-0.2, -0.15) is 0 Å². The van der Waals surface area contributed by atoms with Crippen molar-refractivity contribution in [3.63, 3.8) is 0 Å². The molecule has 6 rings (SSSR count). The number of para-hydroxylation sites is 2. The Hall–Kier alpha value is -5.39. The molecule has 0 aliphatic carbocycles. The Bertz CT molecular complexity index is 2020. The number of anilines is 2. The van der Waals surface area contributed by atoms with Crippen molar-refractivity contribution in [3.8, 4) is 11.1 Å². The smallest absolute Gasteiger partial charge is 0.224 e. The number of unbranched alkanes of at least 4 members (excludes halogenated alkanes) is 3. The minimum absolute atomic E-state index is 0.00144. The highest BCUT2D eigenvalue weighted by Gasteiger charge is 2.33. The SMILES string of the molecule is CN(CCc1ccccn1)C[C@@H]1C[C@H](c2ccc(CO)cc2)O[C@H](c2cccc(-c3cccc(CNC(=O)CCCCCCC(=O)Nc4ccccc4N)c3)c2)O1. The van der Waals surface area contributed by atoms with E-state index in [-0.39, 0.29) is 30.6 Å². The number of nitrogen functional groups attached to an aromatic ring is 1. The zero-order valence-corrected chi connectivity index (χ0v) is 32.8. The molecule has 0 spiro atoms. The summed E-state index contributed by atoms with van der Waals surface area (Å²) in [7, 11) is 2.12. The maximum absolute atomic E-state index is 12.7. The lowest BCUT2D eigenvalue weighted by atomic mass is 9.98. The van der Waals surface area contributed by atoms with Crippen molar-refractivity contribution >= 4 is 23.2 Å². The third-order valence-electron chi connectivity index (χ3n) is 10.3. The lowest BCUT2D eigenvalue weighted by Gasteiger charge is -2.38. The molecule has 1 aliphatic rings. The fourth-order valence-electron chi connectivity index (χ4n) is 7.09. The molecule has 4 aromatic carbocycles. The second-order valence-corrected chi connectivity index (χ2v) is 14.8. The zero-order chi connectivity index (χ0) is 39.8. The zero-order valence-electron chi connectivity index (χ0n) is 32.8. The minimum Gasteiger partial charge on any atom is -0.397 e. The number of aliphatic hydroxyl groups excluding tert-OH is 1.